The Morgan fingerprint density at radius 2 is 1.71 bits per heavy atom. The molecule has 2 aromatic rings. The summed E-state index contributed by atoms with van der Waals surface area (Å²) in [6.07, 6.45) is 4.89. The number of likely N-dealkylation sites (tertiary alicyclic amines) is 1. The fourth-order valence-electron chi connectivity index (χ4n) is 5.84. The van der Waals surface area contributed by atoms with Crippen LogP contribution >= 0.6 is 0 Å². The number of aromatic nitrogens is 2. The summed E-state index contributed by atoms with van der Waals surface area (Å²) >= 11 is 0. The van der Waals surface area contributed by atoms with Crippen molar-refractivity contribution in [3.05, 3.63) is 54.0 Å². The predicted molar refractivity (Wildman–Crippen MR) is 129 cm³/mol. The lowest BCUT2D eigenvalue weighted by Crippen LogP contribution is -2.65. The van der Waals surface area contributed by atoms with E-state index in [1.165, 1.54) is 18.7 Å². The van der Waals surface area contributed by atoms with Crippen molar-refractivity contribution < 1.29 is 14.3 Å². The molecule has 1 saturated carbocycles. The monoisotopic (exact) mass is 463 g/mol. The first-order valence-electron chi connectivity index (χ1n) is 12.1. The summed E-state index contributed by atoms with van der Waals surface area (Å²) in [6.45, 7) is 10.0. The van der Waals surface area contributed by atoms with E-state index in [4.69, 9.17) is 4.74 Å². The fraction of sp³-hybridized carbons (Fsp3) is 0.538. The maximum absolute atomic E-state index is 13.0. The molecule has 1 aromatic heterocycles. The fourth-order valence-corrected chi connectivity index (χ4v) is 5.84. The van der Waals surface area contributed by atoms with E-state index in [9.17, 15) is 9.59 Å². The highest BCUT2D eigenvalue weighted by molar-refractivity contribution is 5.91. The van der Waals surface area contributed by atoms with E-state index in [-0.39, 0.29) is 30.1 Å². The minimum Gasteiger partial charge on any atom is -0.446 e. The molecule has 3 heterocycles. The van der Waals surface area contributed by atoms with E-state index < -0.39 is 0 Å². The van der Waals surface area contributed by atoms with E-state index in [0.717, 1.165) is 38.3 Å². The number of ether oxygens (including phenoxy) is 1. The molecule has 2 saturated heterocycles. The Morgan fingerprint density at radius 3 is 2.29 bits per heavy atom. The Bertz CT molecular complexity index is 1020. The number of nitrogens with zero attached hydrogens (tertiary/aromatic N) is 5. The van der Waals surface area contributed by atoms with Gasteiger partial charge in [0, 0.05) is 45.1 Å². The lowest BCUT2D eigenvalue weighted by molar-refractivity contribution is -0.137. The van der Waals surface area contributed by atoms with Gasteiger partial charge in [0.2, 0.25) is 0 Å². The summed E-state index contributed by atoms with van der Waals surface area (Å²) in [5.41, 5.74) is 2.04. The number of benzene rings is 1. The third-order valence-electron chi connectivity index (χ3n) is 7.41. The summed E-state index contributed by atoms with van der Waals surface area (Å²) in [5, 5.41) is 0. The standard InChI is InChI=1S/C26H33N5O3/c1-18-13-30(24-12-27-23(11-28-24)20(3)32)14-19(2)31(18)25(33)34-22-9-26(10-22)16-29(17-26)15-21-7-5-4-6-8-21/h4-8,11-12,18-19,22H,9-10,13-17H2,1-3H3/t18-,19+. The van der Waals surface area contributed by atoms with Gasteiger partial charge in [-0.2, -0.15) is 0 Å². The van der Waals surface area contributed by atoms with Crippen molar-refractivity contribution in [2.75, 3.05) is 31.1 Å². The summed E-state index contributed by atoms with van der Waals surface area (Å²) in [4.78, 5) is 39.5. The summed E-state index contributed by atoms with van der Waals surface area (Å²) in [6, 6.07) is 10.5. The predicted octanol–water partition coefficient (Wildman–Crippen LogP) is 3.38. The zero-order valence-corrected chi connectivity index (χ0v) is 20.2. The molecule has 1 amide bonds. The molecule has 5 rings (SSSR count). The second kappa shape index (κ2) is 8.98. The van der Waals surface area contributed by atoms with Gasteiger partial charge in [0.1, 0.15) is 17.6 Å². The Hall–Kier alpha value is -3.00. The van der Waals surface area contributed by atoms with Crippen LogP contribution in [0.15, 0.2) is 42.7 Å². The number of Topliss-reactive ketones (excluding diaryl/α,β-unsaturated/α-hetero) is 1. The topological polar surface area (TPSA) is 78.9 Å². The van der Waals surface area contributed by atoms with Gasteiger partial charge in [-0.3, -0.25) is 14.6 Å². The molecule has 1 spiro atoms. The number of carbonyl (C=O) groups excluding carboxylic acids is 2. The van der Waals surface area contributed by atoms with Crippen LogP contribution in [0.3, 0.4) is 0 Å². The third kappa shape index (κ3) is 4.51. The molecule has 3 fully saturated rings. The van der Waals surface area contributed by atoms with E-state index in [1.807, 2.05) is 18.7 Å². The van der Waals surface area contributed by atoms with Crippen LogP contribution in [0.4, 0.5) is 10.6 Å². The first-order chi connectivity index (χ1) is 16.3. The molecule has 8 heteroatoms. The van der Waals surface area contributed by atoms with Gasteiger partial charge < -0.3 is 9.64 Å². The Morgan fingerprint density at radius 1 is 1.03 bits per heavy atom. The van der Waals surface area contributed by atoms with E-state index >= 15 is 0 Å². The molecule has 0 unspecified atom stereocenters. The van der Waals surface area contributed by atoms with Crippen LogP contribution in [0.1, 0.15) is 49.7 Å². The lowest BCUT2D eigenvalue weighted by atomic mass is 9.61. The van der Waals surface area contributed by atoms with E-state index in [2.05, 4.69) is 50.1 Å². The van der Waals surface area contributed by atoms with Crippen molar-refractivity contribution in [3.8, 4) is 0 Å². The highest BCUT2D eigenvalue weighted by Crippen LogP contribution is 2.50. The summed E-state index contributed by atoms with van der Waals surface area (Å²) < 4.78 is 5.92. The van der Waals surface area contributed by atoms with Crippen molar-refractivity contribution >= 4 is 17.7 Å². The van der Waals surface area contributed by atoms with Gasteiger partial charge in [0.25, 0.3) is 0 Å². The number of carbonyl (C=O) groups is 2. The number of hydrogen-bond donors (Lipinski definition) is 0. The average molecular weight is 464 g/mol. The quantitative estimate of drug-likeness (QED) is 0.629. The Kier molecular flexibility index (Phi) is 6.02. The van der Waals surface area contributed by atoms with Crippen molar-refractivity contribution in [1.82, 2.24) is 19.8 Å². The first kappa shape index (κ1) is 22.8. The molecule has 180 valence electrons. The van der Waals surface area contributed by atoms with Crippen LogP contribution in [0.2, 0.25) is 0 Å². The van der Waals surface area contributed by atoms with Crippen molar-refractivity contribution in [3.63, 3.8) is 0 Å². The maximum atomic E-state index is 13.0. The second-order valence-corrected chi connectivity index (χ2v) is 10.4. The molecule has 2 aliphatic heterocycles. The molecule has 34 heavy (non-hydrogen) atoms. The van der Waals surface area contributed by atoms with Crippen LogP contribution in [-0.2, 0) is 11.3 Å². The van der Waals surface area contributed by atoms with Crippen molar-refractivity contribution in [1.29, 1.82) is 0 Å². The number of amides is 1. The lowest BCUT2D eigenvalue weighted by Gasteiger charge is -2.58. The van der Waals surface area contributed by atoms with Gasteiger partial charge in [-0.15, -0.1) is 0 Å². The normalized spacial score (nSPS) is 24.4. The van der Waals surface area contributed by atoms with Crippen LogP contribution in [0.25, 0.3) is 0 Å². The molecule has 0 bridgehead atoms. The number of rotatable bonds is 5. The molecule has 0 radical (unpaired) electrons. The number of piperazine rings is 1. The molecular formula is C26H33N5O3. The van der Waals surface area contributed by atoms with Gasteiger partial charge in [0.15, 0.2) is 5.78 Å². The first-order valence-corrected chi connectivity index (χ1v) is 12.1. The maximum Gasteiger partial charge on any atom is 0.410 e. The van der Waals surface area contributed by atoms with Gasteiger partial charge in [-0.25, -0.2) is 14.8 Å². The van der Waals surface area contributed by atoms with Crippen LogP contribution in [0.5, 0.6) is 0 Å². The highest BCUT2D eigenvalue weighted by atomic mass is 16.6. The molecule has 3 aliphatic rings. The van der Waals surface area contributed by atoms with E-state index in [0.29, 0.717) is 24.2 Å². The largest absolute Gasteiger partial charge is 0.446 e. The highest BCUT2D eigenvalue weighted by Gasteiger charge is 2.54. The van der Waals surface area contributed by atoms with Gasteiger partial charge in [-0.1, -0.05) is 30.3 Å². The van der Waals surface area contributed by atoms with Crippen molar-refractivity contribution in [2.24, 2.45) is 5.41 Å². The van der Waals surface area contributed by atoms with Crippen LogP contribution in [0, 0.1) is 5.41 Å². The zero-order valence-electron chi connectivity index (χ0n) is 20.2. The molecule has 0 N–H and O–H groups in total. The summed E-state index contributed by atoms with van der Waals surface area (Å²) in [7, 11) is 0. The Balaban J connectivity index is 1.09. The van der Waals surface area contributed by atoms with Crippen LogP contribution in [-0.4, -0.2) is 76.0 Å². The molecule has 1 aromatic carbocycles. The minimum atomic E-state index is -0.210. The summed E-state index contributed by atoms with van der Waals surface area (Å²) in [5.74, 6) is 0.625. The van der Waals surface area contributed by atoms with Gasteiger partial charge in [0.05, 0.1) is 24.5 Å². The molecule has 1 aliphatic carbocycles. The Labute approximate surface area is 200 Å². The van der Waals surface area contributed by atoms with Gasteiger partial charge >= 0.3 is 6.09 Å². The smallest absolute Gasteiger partial charge is 0.410 e. The number of anilines is 1. The number of hydrogen-bond acceptors (Lipinski definition) is 7. The average Bonchev–Trinajstić information content (AvgIpc) is 2.76. The minimum absolute atomic E-state index is 0.00960. The zero-order chi connectivity index (χ0) is 23.9. The number of ketones is 1. The SMILES string of the molecule is CC(=O)c1cnc(N2C[C@@H](C)N(C(=O)OC3CC4(C3)CN(Cc3ccccc3)C4)[C@@H](C)C2)cn1. The molecule has 2 atom stereocenters. The molecular weight excluding hydrogens is 430 g/mol. The second-order valence-electron chi connectivity index (χ2n) is 10.4. The third-order valence-corrected chi connectivity index (χ3v) is 7.41. The van der Waals surface area contributed by atoms with Gasteiger partial charge in [-0.05, 0) is 32.3 Å². The van der Waals surface area contributed by atoms with E-state index in [1.54, 1.807) is 6.20 Å². The van der Waals surface area contributed by atoms with Crippen molar-refractivity contribution in [2.45, 2.75) is 58.3 Å². The molecule has 8 nitrogen and oxygen atoms in total. The van der Waals surface area contributed by atoms with Crippen LogP contribution < -0.4 is 4.90 Å².